The maximum atomic E-state index is 13.3. The second-order valence-electron chi connectivity index (χ2n) is 6.39. The van der Waals surface area contributed by atoms with Crippen molar-refractivity contribution in [3.63, 3.8) is 0 Å². The minimum Gasteiger partial charge on any atom is -0.488 e. The molecule has 14 heteroatoms. The number of aromatic nitrogens is 1. The Hall–Kier alpha value is -2.71. The van der Waals surface area contributed by atoms with Gasteiger partial charge in [0.2, 0.25) is 10.0 Å². The number of alkyl halides is 3. The average molecular weight is 455 g/mol. The highest BCUT2D eigenvalue weighted by Gasteiger charge is 2.47. The summed E-state index contributed by atoms with van der Waals surface area (Å²) in [7, 11) is -3.33. The molecular weight excluding hydrogens is 441 g/mol. The molecule has 30 heavy (non-hydrogen) atoms. The van der Waals surface area contributed by atoms with Crippen LogP contribution in [0.1, 0.15) is 10.5 Å². The largest absolute Gasteiger partial charge is 0.488 e. The molecular formula is C16H14F5N3O5S. The fourth-order valence-electron chi connectivity index (χ4n) is 2.79. The van der Waals surface area contributed by atoms with E-state index in [1.807, 2.05) is 0 Å². The van der Waals surface area contributed by atoms with Gasteiger partial charge in [0, 0.05) is 25.0 Å². The quantitative estimate of drug-likeness (QED) is 0.608. The number of halogens is 5. The maximum Gasteiger partial charge on any atom is 0.416 e. The van der Waals surface area contributed by atoms with Gasteiger partial charge in [0.15, 0.2) is 29.2 Å². The summed E-state index contributed by atoms with van der Waals surface area (Å²) in [5.41, 5.74) is -0.559. The Morgan fingerprint density at radius 2 is 2.00 bits per heavy atom. The number of ether oxygens (including phenoxy) is 1. The van der Waals surface area contributed by atoms with Crippen LogP contribution in [-0.4, -0.2) is 48.9 Å². The van der Waals surface area contributed by atoms with Gasteiger partial charge in [-0.15, -0.1) is 0 Å². The first-order chi connectivity index (χ1) is 13.8. The lowest BCUT2D eigenvalue weighted by Gasteiger charge is -2.23. The lowest BCUT2D eigenvalue weighted by atomic mass is 10.2. The summed E-state index contributed by atoms with van der Waals surface area (Å²) in [4.78, 5) is 12.0. The summed E-state index contributed by atoms with van der Waals surface area (Å²) in [5.74, 6) is -3.95. The Bertz CT molecular complexity index is 1100. The van der Waals surface area contributed by atoms with Gasteiger partial charge in [-0.1, -0.05) is 0 Å². The third-order valence-electron chi connectivity index (χ3n) is 4.21. The number of nitrogens with zero attached hydrogens (tertiary/aromatic N) is 1. The van der Waals surface area contributed by atoms with Gasteiger partial charge in [0.05, 0.1) is 6.04 Å². The van der Waals surface area contributed by atoms with E-state index in [2.05, 4.69) is 5.32 Å². The molecule has 2 unspecified atom stereocenters. The average Bonchev–Trinajstić information content (AvgIpc) is 2.91. The number of hydrogen-bond acceptors (Lipinski definition) is 5. The Morgan fingerprint density at radius 1 is 1.33 bits per heavy atom. The molecule has 1 aliphatic heterocycles. The fraction of sp³-hybridized carbons (Fsp3) is 0.312. The zero-order valence-electron chi connectivity index (χ0n) is 15.0. The highest BCUT2D eigenvalue weighted by Crippen LogP contribution is 2.34. The number of fused-ring (bicyclic) bond motifs is 1. The van der Waals surface area contributed by atoms with E-state index in [1.165, 1.54) is 7.05 Å². The molecule has 3 N–H and O–H groups in total. The zero-order chi connectivity index (χ0) is 22.4. The molecule has 0 aliphatic carbocycles. The number of aliphatic hydroxyl groups is 1. The van der Waals surface area contributed by atoms with Crippen LogP contribution in [0.4, 0.5) is 27.6 Å². The molecule has 2 aromatic rings. The molecule has 1 aliphatic rings. The smallest absolute Gasteiger partial charge is 0.416 e. The predicted octanol–water partition coefficient (Wildman–Crippen LogP) is 1.52. The van der Waals surface area contributed by atoms with E-state index in [-0.39, 0.29) is 5.69 Å². The fourth-order valence-corrected chi connectivity index (χ4v) is 4.21. The monoisotopic (exact) mass is 455 g/mol. The molecule has 0 fully saturated rings. The number of nitrogens with one attached hydrogen (secondary N) is 2. The van der Waals surface area contributed by atoms with Gasteiger partial charge < -0.3 is 19.7 Å². The van der Waals surface area contributed by atoms with Gasteiger partial charge in [-0.05, 0) is 12.1 Å². The van der Waals surface area contributed by atoms with Crippen LogP contribution in [0.3, 0.4) is 0 Å². The van der Waals surface area contributed by atoms with E-state index < -0.39 is 68.8 Å². The summed E-state index contributed by atoms with van der Waals surface area (Å²) < 4.78 is 97.5. The number of aliphatic hydroxyl groups excluding tert-OH is 1. The molecule has 1 aromatic heterocycles. The third kappa shape index (κ3) is 4.11. The van der Waals surface area contributed by atoms with Gasteiger partial charge in [-0.2, -0.15) is 13.2 Å². The van der Waals surface area contributed by atoms with Crippen molar-refractivity contribution in [2.75, 3.05) is 11.9 Å². The first-order valence-corrected chi connectivity index (χ1v) is 9.65. The van der Waals surface area contributed by atoms with E-state index in [0.717, 1.165) is 22.9 Å². The van der Waals surface area contributed by atoms with Crippen LogP contribution in [0, 0.1) is 11.6 Å². The van der Waals surface area contributed by atoms with Crippen molar-refractivity contribution in [3.05, 3.63) is 41.7 Å². The van der Waals surface area contributed by atoms with E-state index in [4.69, 9.17) is 4.74 Å². The van der Waals surface area contributed by atoms with E-state index in [0.29, 0.717) is 6.07 Å². The van der Waals surface area contributed by atoms with Crippen LogP contribution in [0.5, 0.6) is 5.75 Å². The minimum absolute atomic E-state index is 0.158. The molecule has 2 atom stereocenters. The Kier molecular flexibility index (Phi) is 5.51. The van der Waals surface area contributed by atoms with Crippen LogP contribution in [0.2, 0.25) is 0 Å². The van der Waals surface area contributed by atoms with Gasteiger partial charge in [-0.25, -0.2) is 21.9 Å². The Morgan fingerprint density at radius 3 is 2.60 bits per heavy atom. The molecule has 1 aromatic carbocycles. The van der Waals surface area contributed by atoms with E-state index in [9.17, 15) is 40.3 Å². The number of carbonyl (C=O) groups is 1. The van der Waals surface area contributed by atoms with E-state index >= 15 is 0 Å². The minimum atomic E-state index is -5.12. The SMILES string of the molecule is Cn1cc2c(c1C(=O)Nc1ccc(F)c(F)c1)OCC(C(O)C(F)(F)F)NS2(=O)=O. The number of carbonyl (C=O) groups excluding carboxylic acids is 1. The summed E-state index contributed by atoms with van der Waals surface area (Å²) in [5, 5.41) is 11.6. The Balaban J connectivity index is 1.95. The van der Waals surface area contributed by atoms with Crippen molar-refractivity contribution in [3.8, 4) is 5.75 Å². The number of aryl methyl sites for hydroxylation is 1. The van der Waals surface area contributed by atoms with Gasteiger partial charge >= 0.3 is 6.18 Å². The molecule has 3 rings (SSSR count). The van der Waals surface area contributed by atoms with E-state index in [1.54, 1.807) is 4.72 Å². The summed E-state index contributed by atoms with van der Waals surface area (Å²) >= 11 is 0. The number of hydrogen-bond donors (Lipinski definition) is 3. The molecule has 0 bridgehead atoms. The molecule has 0 saturated carbocycles. The number of rotatable bonds is 3. The van der Waals surface area contributed by atoms with Crippen LogP contribution in [0.15, 0.2) is 29.3 Å². The van der Waals surface area contributed by atoms with Crippen molar-refractivity contribution < 1.29 is 45.0 Å². The second kappa shape index (κ2) is 7.52. The lowest BCUT2D eigenvalue weighted by Crippen LogP contribution is -2.51. The first-order valence-electron chi connectivity index (χ1n) is 8.17. The van der Waals surface area contributed by atoms with Crippen LogP contribution in [-0.2, 0) is 17.1 Å². The summed E-state index contributed by atoms with van der Waals surface area (Å²) in [6.07, 6.45) is -7.24. The zero-order valence-corrected chi connectivity index (χ0v) is 15.8. The summed E-state index contributed by atoms with van der Waals surface area (Å²) in [6, 6.07) is 0.427. The summed E-state index contributed by atoms with van der Waals surface area (Å²) in [6.45, 7) is -0.928. The number of amides is 1. The molecule has 2 heterocycles. The van der Waals surface area contributed by atoms with Crippen LogP contribution < -0.4 is 14.8 Å². The van der Waals surface area contributed by atoms with Crippen LogP contribution in [0.25, 0.3) is 0 Å². The molecule has 1 amide bonds. The van der Waals surface area contributed by atoms with Crippen molar-refractivity contribution in [1.29, 1.82) is 0 Å². The van der Waals surface area contributed by atoms with Gasteiger partial charge in [0.1, 0.15) is 11.5 Å². The standard InChI is InChI=1S/C16H14F5N3O5S/c1-24-5-11-13(12(24)15(26)22-7-2-3-8(17)9(18)4-7)29-6-10(23-30(11,27)28)14(25)16(19,20)21/h2-5,10,14,23,25H,6H2,1H3,(H,22,26). The van der Waals surface area contributed by atoms with Gasteiger partial charge in [-0.3, -0.25) is 4.79 Å². The highest BCUT2D eigenvalue weighted by atomic mass is 32.2. The molecule has 8 nitrogen and oxygen atoms in total. The van der Waals surface area contributed by atoms with Crippen LogP contribution >= 0.6 is 0 Å². The topological polar surface area (TPSA) is 110 Å². The highest BCUT2D eigenvalue weighted by molar-refractivity contribution is 7.89. The number of benzene rings is 1. The predicted molar refractivity (Wildman–Crippen MR) is 91.4 cm³/mol. The third-order valence-corrected chi connectivity index (χ3v) is 5.70. The number of sulfonamides is 1. The first kappa shape index (κ1) is 22.0. The van der Waals surface area contributed by atoms with Crippen molar-refractivity contribution in [2.45, 2.75) is 23.2 Å². The molecule has 0 saturated heterocycles. The van der Waals surface area contributed by atoms with Crippen molar-refractivity contribution in [1.82, 2.24) is 9.29 Å². The molecule has 0 spiro atoms. The van der Waals surface area contributed by atoms with Crippen molar-refractivity contribution >= 4 is 21.6 Å². The second-order valence-corrected chi connectivity index (χ2v) is 8.07. The lowest BCUT2D eigenvalue weighted by molar-refractivity contribution is -0.212. The van der Waals surface area contributed by atoms with Gasteiger partial charge in [0.25, 0.3) is 5.91 Å². The molecule has 164 valence electrons. The number of anilines is 1. The Labute approximate surface area is 166 Å². The van der Waals surface area contributed by atoms with Crippen molar-refractivity contribution in [2.24, 2.45) is 7.05 Å². The molecule has 0 radical (unpaired) electrons. The maximum absolute atomic E-state index is 13.3. The normalized spacial score (nSPS) is 19.4.